The van der Waals surface area contributed by atoms with Gasteiger partial charge in [-0.3, -0.25) is 9.59 Å². The lowest BCUT2D eigenvalue weighted by molar-refractivity contribution is -0.121. The van der Waals surface area contributed by atoms with Gasteiger partial charge in [-0.1, -0.05) is 30.3 Å². The van der Waals surface area contributed by atoms with Gasteiger partial charge in [-0.05, 0) is 43.2 Å². The molecule has 2 N–H and O–H groups in total. The van der Waals surface area contributed by atoms with Gasteiger partial charge in [0.1, 0.15) is 11.6 Å². The molecule has 0 aliphatic heterocycles. The van der Waals surface area contributed by atoms with Gasteiger partial charge in [0.25, 0.3) is 5.56 Å². The summed E-state index contributed by atoms with van der Waals surface area (Å²) in [6.45, 7) is 4.59. The minimum atomic E-state index is -0.448. The van der Waals surface area contributed by atoms with E-state index in [-0.39, 0.29) is 23.7 Å². The van der Waals surface area contributed by atoms with Crippen LogP contribution in [0.3, 0.4) is 0 Å². The highest BCUT2D eigenvalue weighted by Gasteiger charge is 2.19. The van der Waals surface area contributed by atoms with Crippen molar-refractivity contribution >= 4 is 16.8 Å². The molecule has 1 atom stereocenters. The van der Waals surface area contributed by atoms with Gasteiger partial charge in [-0.2, -0.15) is 0 Å². The van der Waals surface area contributed by atoms with Gasteiger partial charge < -0.3 is 14.9 Å². The normalized spacial score (nSPS) is 12.1. The Hall–Kier alpha value is -3.74. The van der Waals surface area contributed by atoms with Gasteiger partial charge in [-0.25, -0.2) is 9.37 Å². The summed E-state index contributed by atoms with van der Waals surface area (Å²) in [5, 5.41) is 4.11. The van der Waals surface area contributed by atoms with Crippen LogP contribution in [0.25, 0.3) is 10.9 Å². The Morgan fingerprint density at radius 2 is 1.94 bits per heavy atom. The maximum absolute atomic E-state index is 13.5. The van der Waals surface area contributed by atoms with Crippen LogP contribution in [-0.4, -0.2) is 20.4 Å². The van der Waals surface area contributed by atoms with E-state index in [0.717, 1.165) is 28.6 Å². The van der Waals surface area contributed by atoms with Crippen LogP contribution < -0.4 is 10.9 Å². The molecule has 6 nitrogen and oxygen atoms in total. The molecule has 0 radical (unpaired) electrons. The fraction of sp³-hybridized carbons (Fsp3) is 0.240. The topological polar surface area (TPSA) is 79.8 Å². The highest BCUT2D eigenvalue weighted by molar-refractivity contribution is 5.89. The number of para-hydroxylation sites is 1. The molecule has 164 valence electrons. The van der Waals surface area contributed by atoms with E-state index in [9.17, 15) is 14.0 Å². The molecule has 32 heavy (non-hydrogen) atoms. The number of H-pyrrole nitrogens is 1. The number of carbonyl (C=O) groups excluding carboxylic acids is 1. The summed E-state index contributed by atoms with van der Waals surface area (Å²) >= 11 is 0. The Morgan fingerprint density at radius 3 is 2.66 bits per heavy atom. The van der Waals surface area contributed by atoms with Crippen molar-refractivity contribution in [3.05, 3.63) is 99.6 Å². The monoisotopic (exact) mass is 432 g/mol. The Labute approximate surface area is 185 Å². The van der Waals surface area contributed by atoms with Crippen LogP contribution in [0.1, 0.15) is 35.6 Å². The quantitative estimate of drug-likeness (QED) is 0.466. The number of aromatic amines is 1. The SMILES string of the molecule is CCn1cc(CC(=O)N[C@@H](Cc2cc(=O)[nH]c(C)n2)c2ccc(F)cc2)c2ccccc21. The second-order valence-electron chi connectivity index (χ2n) is 7.83. The summed E-state index contributed by atoms with van der Waals surface area (Å²) in [7, 11) is 0. The molecule has 0 aliphatic rings. The van der Waals surface area contributed by atoms with Crippen molar-refractivity contribution in [3.8, 4) is 0 Å². The van der Waals surface area contributed by atoms with Gasteiger partial charge in [-0.15, -0.1) is 0 Å². The van der Waals surface area contributed by atoms with Crippen molar-refractivity contribution in [2.45, 2.75) is 39.3 Å². The second-order valence-corrected chi connectivity index (χ2v) is 7.83. The Kier molecular flexibility index (Phi) is 6.16. The minimum Gasteiger partial charge on any atom is -0.349 e. The van der Waals surface area contributed by atoms with E-state index in [1.165, 1.54) is 18.2 Å². The molecule has 7 heteroatoms. The van der Waals surface area contributed by atoms with Gasteiger partial charge >= 0.3 is 0 Å². The highest BCUT2D eigenvalue weighted by Crippen LogP contribution is 2.23. The predicted molar refractivity (Wildman–Crippen MR) is 122 cm³/mol. The van der Waals surface area contributed by atoms with Crippen molar-refractivity contribution in [1.82, 2.24) is 19.9 Å². The maximum Gasteiger partial charge on any atom is 0.251 e. The molecular weight excluding hydrogens is 407 g/mol. The van der Waals surface area contributed by atoms with Crippen molar-refractivity contribution in [3.63, 3.8) is 0 Å². The molecule has 0 saturated heterocycles. The fourth-order valence-electron chi connectivity index (χ4n) is 4.05. The number of aromatic nitrogens is 3. The number of carbonyl (C=O) groups is 1. The molecule has 0 saturated carbocycles. The zero-order valence-corrected chi connectivity index (χ0v) is 18.1. The van der Waals surface area contributed by atoms with Crippen molar-refractivity contribution in [1.29, 1.82) is 0 Å². The third-order valence-corrected chi connectivity index (χ3v) is 5.50. The van der Waals surface area contributed by atoms with E-state index < -0.39 is 6.04 Å². The zero-order chi connectivity index (χ0) is 22.7. The summed E-state index contributed by atoms with van der Waals surface area (Å²) < 4.78 is 15.6. The molecule has 4 aromatic rings. The van der Waals surface area contributed by atoms with Crippen molar-refractivity contribution in [2.24, 2.45) is 0 Å². The van der Waals surface area contributed by atoms with Crippen LogP contribution in [0, 0.1) is 12.7 Å². The Bertz CT molecular complexity index is 1310. The highest BCUT2D eigenvalue weighted by atomic mass is 19.1. The number of amides is 1. The van der Waals surface area contributed by atoms with E-state index in [2.05, 4.69) is 26.8 Å². The summed E-state index contributed by atoms with van der Waals surface area (Å²) in [4.78, 5) is 31.9. The van der Waals surface area contributed by atoms with E-state index in [4.69, 9.17) is 0 Å². The summed E-state index contributed by atoms with van der Waals surface area (Å²) in [5.41, 5.74) is 3.10. The predicted octanol–water partition coefficient (Wildman–Crippen LogP) is 3.83. The molecule has 0 fully saturated rings. The largest absolute Gasteiger partial charge is 0.349 e. The third kappa shape index (κ3) is 4.77. The molecule has 0 bridgehead atoms. The number of halogens is 1. The summed E-state index contributed by atoms with van der Waals surface area (Å²) in [5.74, 6) is 0.000258. The number of nitrogens with zero attached hydrogens (tertiary/aromatic N) is 2. The van der Waals surface area contributed by atoms with Crippen LogP contribution in [-0.2, 0) is 24.2 Å². The standard InChI is InChI=1S/C25H25FN4O2/c1-3-30-15-18(21-6-4-5-7-23(21)30)12-24(31)29-22(17-8-10-19(26)11-9-17)13-20-14-25(32)28-16(2)27-20/h4-11,14-15,22H,3,12-13H2,1-2H3,(H,29,31)(H,27,28,32)/t22-/m0/s1. The number of hydrogen-bond acceptors (Lipinski definition) is 3. The molecule has 0 aliphatic carbocycles. The summed E-state index contributed by atoms with van der Waals surface area (Å²) in [6.07, 6.45) is 2.55. The molecular formula is C25H25FN4O2. The first kappa shape index (κ1) is 21.5. The van der Waals surface area contributed by atoms with Gasteiger partial charge in [0, 0.05) is 36.1 Å². The minimum absolute atomic E-state index is 0.153. The van der Waals surface area contributed by atoms with E-state index in [1.807, 2.05) is 30.5 Å². The maximum atomic E-state index is 13.5. The average molecular weight is 432 g/mol. The number of nitrogens with one attached hydrogen (secondary N) is 2. The molecule has 1 amide bonds. The lowest BCUT2D eigenvalue weighted by Crippen LogP contribution is -2.31. The third-order valence-electron chi connectivity index (χ3n) is 5.50. The number of rotatable bonds is 7. The Balaban J connectivity index is 1.60. The average Bonchev–Trinajstić information content (AvgIpc) is 3.11. The second kappa shape index (κ2) is 9.18. The zero-order valence-electron chi connectivity index (χ0n) is 18.1. The Morgan fingerprint density at radius 1 is 1.19 bits per heavy atom. The van der Waals surface area contributed by atoms with Crippen LogP contribution in [0.4, 0.5) is 4.39 Å². The fourth-order valence-corrected chi connectivity index (χ4v) is 4.05. The first-order valence-corrected chi connectivity index (χ1v) is 10.6. The molecule has 0 unspecified atom stereocenters. The van der Waals surface area contributed by atoms with Crippen LogP contribution in [0.15, 0.2) is 65.6 Å². The first-order valence-electron chi connectivity index (χ1n) is 10.6. The van der Waals surface area contributed by atoms with Gasteiger partial charge in [0.2, 0.25) is 5.91 Å². The van der Waals surface area contributed by atoms with Crippen LogP contribution >= 0.6 is 0 Å². The number of hydrogen-bond donors (Lipinski definition) is 2. The molecule has 2 heterocycles. The van der Waals surface area contributed by atoms with E-state index in [0.29, 0.717) is 17.9 Å². The molecule has 2 aromatic carbocycles. The number of fused-ring (bicyclic) bond motifs is 1. The van der Waals surface area contributed by atoms with Crippen LogP contribution in [0.2, 0.25) is 0 Å². The first-order chi connectivity index (χ1) is 15.4. The van der Waals surface area contributed by atoms with Gasteiger partial charge in [0.15, 0.2) is 0 Å². The van der Waals surface area contributed by atoms with Crippen molar-refractivity contribution in [2.75, 3.05) is 0 Å². The number of aryl methyl sites for hydroxylation is 2. The van der Waals surface area contributed by atoms with E-state index in [1.54, 1.807) is 19.1 Å². The molecule has 0 spiro atoms. The lowest BCUT2D eigenvalue weighted by Gasteiger charge is -2.19. The summed E-state index contributed by atoms with van der Waals surface area (Å²) in [6, 6.07) is 15.0. The van der Waals surface area contributed by atoms with Crippen LogP contribution in [0.5, 0.6) is 0 Å². The lowest BCUT2D eigenvalue weighted by atomic mass is 10.0. The number of benzene rings is 2. The smallest absolute Gasteiger partial charge is 0.251 e. The van der Waals surface area contributed by atoms with E-state index >= 15 is 0 Å². The molecule has 2 aromatic heterocycles. The molecule has 4 rings (SSSR count). The van der Waals surface area contributed by atoms with Crippen molar-refractivity contribution < 1.29 is 9.18 Å². The van der Waals surface area contributed by atoms with Gasteiger partial charge in [0.05, 0.1) is 18.2 Å².